The number of amides is 1. The van der Waals surface area contributed by atoms with Crippen molar-refractivity contribution in [2.75, 3.05) is 33.7 Å². The van der Waals surface area contributed by atoms with E-state index in [1.165, 1.54) is 0 Å². The first-order valence-electron chi connectivity index (χ1n) is 4.70. The number of aliphatic hydroxyl groups excluding tert-OH is 1. The van der Waals surface area contributed by atoms with Crippen LogP contribution in [0.25, 0.3) is 0 Å². The number of piperidine rings is 1. The minimum absolute atomic E-state index is 0.115. The summed E-state index contributed by atoms with van der Waals surface area (Å²) in [6.45, 7) is 1.74. The van der Waals surface area contributed by atoms with E-state index in [2.05, 4.69) is 0 Å². The van der Waals surface area contributed by atoms with Crippen molar-refractivity contribution >= 4 is 5.91 Å². The largest absolute Gasteiger partial charge is 0.391 e. The second-order valence-electron chi connectivity index (χ2n) is 3.87. The van der Waals surface area contributed by atoms with E-state index in [9.17, 15) is 9.90 Å². The predicted molar refractivity (Wildman–Crippen MR) is 50.4 cm³/mol. The van der Waals surface area contributed by atoms with Gasteiger partial charge in [-0.05, 0) is 26.9 Å². The fourth-order valence-electron chi connectivity index (χ4n) is 1.55. The highest BCUT2D eigenvalue weighted by Crippen LogP contribution is 2.09. The summed E-state index contributed by atoms with van der Waals surface area (Å²) in [5.74, 6) is 0.115. The van der Waals surface area contributed by atoms with Crippen molar-refractivity contribution in [1.29, 1.82) is 0 Å². The second kappa shape index (κ2) is 4.58. The molecule has 1 aliphatic rings. The third kappa shape index (κ3) is 3.32. The molecule has 0 bridgehead atoms. The quantitative estimate of drug-likeness (QED) is 0.634. The summed E-state index contributed by atoms with van der Waals surface area (Å²) in [6, 6.07) is 0. The van der Waals surface area contributed by atoms with Crippen molar-refractivity contribution in [3.8, 4) is 0 Å². The van der Waals surface area contributed by atoms with Crippen molar-refractivity contribution < 1.29 is 9.90 Å². The number of nitrogens with zero attached hydrogens (tertiary/aromatic N) is 2. The lowest BCUT2D eigenvalue weighted by Gasteiger charge is -2.30. The second-order valence-corrected chi connectivity index (χ2v) is 3.87. The number of likely N-dealkylation sites (N-methyl/N-ethyl adjacent to an activating group) is 1. The Labute approximate surface area is 79.1 Å². The number of hydrogen-bond acceptors (Lipinski definition) is 3. The van der Waals surface area contributed by atoms with Gasteiger partial charge in [0.1, 0.15) is 0 Å². The van der Waals surface area contributed by atoms with Crippen molar-refractivity contribution in [1.82, 2.24) is 9.80 Å². The summed E-state index contributed by atoms with van der Waals surface area (Å²) in [6.07, 6.45) is 1.42. The zero-order valence-electron chi connectivity index (χ0n) is 8.36. The number of carbonyl (C=O) groups excluding carboxylic acids is 1. The third-order valence-corrected chi connectivity index (χ3v) is 2.20. The van der Waals surface area contributed by atoms with Gasteiger partial charge in [-0.1, -0.05) is 0 Å². The average Bonchev–Trinajstić information content (AvgIpc) is 2.03. The molecule has 1 amide bonds. The molecule has 13 heavy (non-hydrogen) atoms. The third-order valence-electron chi connectivity index (χ3n) is 2.20. The fraction of sp³-hybridized carbons (Fsp3) is 0.889. The van der Waals surface area contributed by atoms with Gasteiger partial charge in [-0.25, -0.2) is 0 Å². The van der Waals surface area contributed by atoms with Gasteiger partial charge in [-0.15, -0.1) is 0 Å². The lowest BCUT2D eigenvalue weighted by Crippen LogP contribution is -2.45. The van der Waals surface area contributed by atoms with E-state index in [4.69, 9.17) is 0 Å². The number of β-amino-alcohol motifs (C(OH)–C–C–N with tert-alkyl or cyclic N) is 1. The maximum Gasteiger partial charge on any atom is 0.236 e. The SMILES string of the molecule is CN(C)CC(=O)N1CCCC(O)C1. The number of rotatable bonds is 2. The highest BCUT2D eigenvalue weighted by Gasteiger charge is 2.21. The van der Waals surface area contributed by atoms with E-state index in [-0.39, 0.29) is 12.0 Å². The zero-order chi connectivity index (χ0) is 9.84. The summed E-state index contributed by atoms with van der Waals surface area (Å²) in [4.78, 5) is 15.1. The van der Waals surface area contributed by atoms with Crippen LogP contribution in [0.3, 0.4) is 0 Å². The predicted octanol–water partition coefficient (Wildman–Crippen LogP) is -0.469. The van der Waals surface area contributed by atoms with Crippen LogP contribution in [0.4, 0.5) is 0 Å². The Balaban J connectivity index is 2.37. The molecule has 1 fully saturated rings. The molecule has 4 nitrogen and oxygen atoms in total. The minimum atomic E-state index is -0.320. The van der Waals surface area contributed by atoms with Crippen molar-refractivity contribution in [3.63, 3.8) is 0 Å². The Morgan fingerprint density at radius 1 is 1.62 bits per heavy atom. The van der Waals surface area contributed by atoms with E-state index in [0.717, 1.165) is 19.4 Å². The number of aliphatic hydroxyl groups is 1. The molecule has 1 N–H and O–H groups in total. The molecule has 0 aliphatic carbocycles. The molecule has 76 valence electrons. The summed E-state index contributed by atoms with van der Waals surface area (Å²) in [5, 5.41) is 9.36. The first-order chi connectivity index (χ1) is 6.09. The molecule has 0 spiro atoms. The Morgan fingerprint density at radius 3 is 2.85 bits per heavy atom. The van der Waals surface area contributed by atoms with Crippen LogP contribution in [0.1, 0.15) is 12.8 Å². The summed E-state index contributed by atoms with van der Waals surface area (Å²) in [5.41, 5.74) is 0. The molecule has 4 heteroatoms. The topological polar surface area (TPSA) is 43.8 Å². The molecule has 0 aromatic carbocycles. The van der Waals surface area contributed by atoms with Gasteiger partial charge in [-0.3, -0.25) is 4.79 Å². The van der Waals surface area contributed by atoms with Gasteiger partial charge in [0.05, 0.1) is 12.6 Å². The smallest absolute Gasteiger partial charge is 0.236 e. The van der Waals surface area contributed by atoms with Crippen LogP contribution < -0.4 is 0 Å². The van der Waals surface area contributed by atoms with Crippen LogP contribution in [0, 0.1) is 0 Å². The van der Waals surface area contributed by atoms with E-state index in [0.29, 0.717) is 13.1 Å². The van der Waals surface area contributed by atoms with E-state index >= 15 is 0 Å². The molecular weight excluding hydrogens is 168 g/mol. The van der Waals surface area contributed by atoms with Gasteiger partial charge >= 0.3 is 0 Å². The highest BCUT2D eigenvalue weighted by atomic mass is 16.3. The normalized spacial score (nSPS) is 23.7. The first-order valence-corrected chi connectivity index (χ1v) is 4.70. The molecule has 1 rings (SSSR count). The summed E-state index contributed by atoms with van der Waals surface area (Å²) >= 11 is 0. The molecule has 0 aromatic rings. The van der Waals surface area contributed by atoms with Gasteiger partial charge in [0.15, 0.2) is 0 Å². The maximum atomic E-state index is 11.5. The lowest BCUT2D eigenvalue weighted by molar-refractivity contribution is -0.134. The molecule has 1 atom stereocenters. The van der Waals surface area contributed by atoms with Gasteiger partial charge in [0.25, 0.3) is 0 Å². The monoisotopic (exact) mass is 186 g/mol. The number of hydrogen-bond donors (Lipinski definition) is 1. The highest BCUT2D eigenvalue weighted by molar-refractivity contribution is 5.78. The van der Waals surface area contributed by atoms with Crippen molar-refractivity contribution in [2.45, 2.75) is 18.9 Å². The van der Waals surface area contributed by atoms with Crippen LogP contribution in [0.5, 0.6) is 0 Å². The molecule has 1 saturated heterocycles. The average molecular weight is 186 g/mol. The van der Waals surface area contributed by atoms with Gasteiger partial charge in [-0.2, -0.15) is 0 Å². The maximum absolute atomic E-state index is 11.5. The van der Waals surface area contributed by atoms with E-state index in [1.54, 1.807) is 4.90 Å². The van der Waals surface area contributed by atoms with Crippen molar-refractivity contribution in [3.05, 3.63) is 0 Å². The zero-order valence-corrected chi connectivity index (χ0v) is 8.36. The Morgan fingerprint density at radius 2 is 2.31 bits per heavy atom. The van der Waals surface area contributed by atoms with Crippen LogP contribution in [0.2, 0.25) is 0 Å². The minimum Gasteiger partial charge on any atom is -0.391 e. The van der Waals surface area contributed by atoms with Gasteiger partial charge < -0.3 is 14.9 Å². The molecular formula is C9H18N2O2. The summed E-state index contributed by atoms with van der Waals surface area (Å²) in [7, 11) is 3.75. The standard InChI is InChI=1S/C9H18N2O2/c1-10(2)7-9(13)11-5-3-4-8(12)6-11/h8,12H,3-7H2,1-2H3. The number of carbonyl (C=O) groups is 1. The van der Waals surface area contributed by atoms with Gasteiger partial charge in [0.2, 0.25) is 5.91 Å². The lowest BCUT2D eigenvalue weighted by atomic mass is 10.1. The molecule has 0 aromatic heterocycles. The Bertz CT molecular complexity index is 182. The molecule has 1 aliphatic heterocycles. The van der Waals surface area contributed by atoms with E-state index in [1.807, 2.05) is 19.0 Å². The van der Waals surface area contributed by atoms with Crippen LogP contribution >= 0.6 is 0 Å². The van der Waals surface area contributed by atoms with Crippen molar-refractivity contribution in [2.24, 2.45) is 0 Å². The Kier molecular flexibility index (Phi) is 3.69. The van der Waals surface area contributed by atoms with Crippen LogP contribution in [-0.4, -0.2) is 60.6 Å². The molecule has 1 unspecified atom stereocenters. The fourth-order valence-corrected chi connectivity index (χ4v) is 1.55. The van der Waals surface area contributed by atoms with Crippen LogP contribution in [-0.2, 0) is 4.79 Å². The van der Waals surface area contributed by atoms with E-state index < -0.39 is 0 Å². The first kappa shape index (κ1) is 10.5. The summed E-state index contributed by atoms with van der Waals surface area (Å²) < 4.78 is 0. The molecule has 0 saturated carbocycles. The number of likely N-dealkylation sites (tertiary alicyclic amines) is 1. The molecule has 0 radical (unpaired) electrons. The Hall–Kier alpha value is -0.610. The molecule has 1 heterocycles. The van der Waals surface area contributed by atoms with Crippen LogP contribution in [0.15, 0.2) is 0 Å². The van der Waals surface area contributed by atoms with Gasteiger partial charge in [0, 0.05) is 13.1 Å².